The summed E-state index contributed by atoms with van der Waals surface area (Å²) in [5.41, 5.74) is 1.14. The minimum Gasteiger partial charge on any atom is -0.497 e. The quantitative estimate of drug-likeness (QED) is 0.477. The second-order valence-electron chi connectivity index (χ2n) is 6.45. The lowest BCUT2D eigenvalue weighted by Gasteiger charge is -2.41. The van der Waals surface area contributed by atoms with E-state index in [0.29, 0.717) is 19.1 Å². The largest absolute Gasteiger partial charge is 0.497 e. The molecule has 0 amide bonds. The average molecular weight is 434 g/mol. The highest BCUT2D eigenvalue weighted by Gasteiger charge is 2.36. The number of hydrogen-bond donors (Lipinski definition) is 0. The van der Waals surface area contributed by atoms with Crippen LogP contribution in [0, 0.1) is 5.92 Å². The van der Waals surface area contributed by atoms with Crippen LogP contribution in [-0.4, -0.2) is 36.1 Å². The molecule has 0 unspecified atom stereocenters. The first-order valence-corrected chi connectivity index (χ1v) is 9.60. The number of rotatable bonds is 7. The molecule has 23 heavy (non-hydrogen) atoms. The molecule has 0 aliphatic carbocycles. The van der Waals surface area contributed by atoms with E-state index in [1.165, 1.54) is 0 Å². The van der Waals surface area contributed by atoms with Crippen molar-refractivity contribution in [3.63, 3.8) is 0 Å². The van der Waals surface area contributed by atoms with Crippen molar-refractivity contribution in [1.82, 2.24) is 0 Å². The molecular weight excluding hydrogens is 407 g/mol. The molecule has 3 atom stereocenters. The van der Waals surface area contributed by atoms with E-state index >= 15 is 0 Å². The monoisotopic (exact) mass is 434 g/mol. The number of halogens is 1. The van der Waals surface area contributed by atoms with Crippen molar-refractivity contribution in [3.8, 4) is 5.75 Å². The van der Waals surface area contributed by atoms with Crippen LogP contribution in [0.25, 0.3) is 0 Å². The van der Waals surface area contributed by atoms with E-state index in [-0.39, 0.29) is 12.2 Å². The SMILES string of the molecule is COc1ccc(CO[C@H]([C@@H]2CCOC(C)(C)O2)[C@@H](C)CI)cc1. The molecule has 0 spiro atoms. The lowest BCUT2D eigenvalue weighted by molar-refractivity contribution is -0.295. The molecule has 1 aliphatic heterocycles. The van der Waals surface area contributed by atoms with Crippen molar-refractivity contribution in [2.75, 3.05) is 18.1 Å². The predicted octanol–water partition coefficient (Wildman–Crippen LogP) is 4.19. The lowest BCUT2D eigenvalue weighted by atomic mass is 9.98. The maximum atomic E-state index is 6.26. The zero-order chi connectivity index (χ0) is 16.9. The predicted molar refractivity (Wildman–Crippen MR) is 99.1 cm³/mol. The van der Waals surface area contributed by atoms with Crippen molar-refractivity contribution in [1.29, 1.82) is 0 Å². The maximum Gasteiger partial charge on any atom is 0.163 e. The van der Waals surface area contributed by atoms with Gasteiger partial charge in [0.2, 0.25) is 0 Å². The molecule has 0 aromatic heterocycles. The number of ether oxygens (including phenoxy) is 4. The van der Waals surface area contributed by atoms with Gasteiger partial charge in [-0.25, -0.2) is 0 Å². The third-order valence-electron chi connectivity index (χ3n) is 4.06. The van der Waals surface area contributed by atoms with Gasteiger partial charge < -0.3 is 18.9 Å². The van der Waals surface area contributed by atoms with Gasteiger partial charge in [-0.05, 0) is 43.9 Å². The summed E-state index contributed by atoms with van der Waals surface area (Å²) in [6.07, 6.45) is 1.01. The number of alkyl halides is 1. The van der Waals surface area contributed by atoms with E-state index in [1.807, 2.05) is 38.1 Å². The highest BCUT2D eigenvalue weighted by atomic mass is 127. The summed E-state index contributed by atoms with van der Waals surface area (Å²) in [5, 5.41) is 0. The average Bonchev–Trinajstić information content (AvgIpc) is 2.54. The molecule has 0 saturated carbocycles. The molecule has 1 aromatic carbocycles. The lowest BCUT2D eigenvalue weighted by Crippen LogP contribution is -2.48. The highest BCUT2D eigenvalue weighted by Crippen LogP contribution is 2.29. The Morgan fingerprint density at radius 2 is 2.00 bits per heavy atom. The third-order valence-corrected chi connectivity index (χ3v) is 5.45. The molecule has 0 bridgehead atoms. The Kier molecular flexibility index (Phi) is 7.13. The van der Waals surface area contributed by atoms with Gasteiger partial charge in [-0.3, -0.25) is 0 Å². The topological polar surface area (TPSA) is 36.9 Å². The summed E-state index contributed by atoms with van der Waals surface area (Å²) < 4.78 is 24.3. The van der Waals surface area contributed by atoms with Crippen LogP contribution in [0.2, 0.25) is 0 Å². The van der Waals surface area contributed by atoms with E-state index in [1.54, 1.807) is 7.11 Å². The zero-order valence-electron chi connectivity index (χ0n) is 14.4. The van der Waals surface area contributed by atoms with E-state index < -0.39 is 5.79 Å². The van der Waals surface area contributed by atoms with Crippen molar-refractivity contribution in [2.24, 2.45) is 5.92 Å². The summed E-state index contributed by atoms with van der Waals surface area (Å²) in [7, 11) is 1.67. The van der Waals surface area contributed by atoms with Crippen molar-refractivity contribution < 1.29 is 18.9 Å². The molecule has 2 rings (SSSR count). The van der Waals surface area contributed by atoms with Gasteiger partial charge in [0.25, 0.3) is 0 Å². The van der Waals surface area contributed by atoms with Gasteiger partial charge in [0.05, 0.1) is 32.5 Å². The van der Waals surface area contributed by atoms with Gasteiger partial charge in [-0.15, -0.1) is 0 Å². The van der Waals surface area contributed by atoms with Gasteiger partial charge in [0, 0.05) is 4.43 Å². The Morgan fingerprint density at radius 1 is 1.30 bits per heavy atom. The summed E-state index contributed by atoms with van der Waals surface area (Å²) in [5.74, 6) is 0.753. The first-order valence-electron chi connectivity index (χ1n) is 8.07. The van der Waals surface area contributed by atoms with Crippen LogP contribution < -0.4 is 4.74 Å². The Hall–Kier alpha value is -0.370. The fourth-order valence-corrected chi connectivity index (χ4v) is 3.25. The molecule has 0 radical (unpaired) electrons. The minimum atomic E-state index is -0.532. The van der Waals surface area contributed by atoms with Crippen molar-refractivity contribution >= 4 is 22.6 Å². The Balaban J connectivity index is 2.00. The van der Waals surface area contributed by atoms with Crippen LogP contribution in [0.5, 0.6) is 5.75 Å². The fraction of sp³-hybridized carbons (Fsp3) is 0.667. The molecule has 1 aromatic rings. The van der Waals surface area contributed by atoms with Crippen LogP contribution >= 0.6 is 22.6 Å². The van der Waals surface area contributed by atoms with Crippen LogP contribution in [0.15, 0.2) is 24.3 Å². The summed E-state index contributed by atoms with van der Waals surface area (Å²) in [6.45, 7) is 7.45. The van der Waals surface area contributed by atoms with Gasteiger partial charge in [0.15, 0.2) is 5.79 Å². The number of benzene rings is 1. The third kappa shape index (κ3) is 5.59. The highest BCUT2D eigenvalue weighted by molar-refractivity contribution is 14.1. The molecule has 1 aliphatic rings. The molecule has 0 N–H and O–H groups in total. The molecule has 1 heterocycles. The molecule has 1 saturated heterocycles. The van der Waals surface area contributed by atoms with Crippen LogP contribution in [0.4, 0.5) is 0 Å². The Labute approximate surface area is 153 Å². The second kappa shape index (κ2) is 8.65. The molecule has 1 fully saturated rings. The summed E-state index contributed by atoms with van der Waals surface area (Å²) in [6, 6.07) is 8.01. The molecular formula is C18H27IO4. The van der Waals surface area contributed by atoms with Crippen molar-refractivity contribution in [2.45, 2.75) is 51.8 Å². The van der Waals surface area contributed by atoms with E-state index in [9.17, 15) is 0 Å². The van der Waals surface area contributed by atoms with Crippen LogP contribution in [0.3, 0.4) is 0 Å². The Bertz CT molecular complexity index is 474. The van der Waals surface area contributed by atoms with E-state index in [0.717, 1.165) is 22.2 Å². The number of hydrogen-bond acceptors (Lipinski definition) is 4. The zero-order valence-corrected chi connectivity index (χ0v) is 16.5. The van der Waals surface area contributed by atoms with Gasteiger partial charge in [0.1, 0.15) is 5.75 Å². The summed E-state index contributed by atoms with van der Waals surface area (Å²) >= 11 is 2.41. The number of methoxy groups -OCH3 is 1. The maximum absolute atomic E-state index is 6.26. The smallest absolute Gasteiger partial charge is 0.163 e. The first kappa shape index (κ1) is 19.0. The van der Waals surface area contributed by atoms with Crippen molar-refractivity contribution in [3.05, 3.63) is 29.8 Å². The second-order valence-corrected chi connectivity index (χ2v) is 7.33. The van der Waals surface area contributed by atoms with Crippen LogP contribution in [0.1, 0.15) is 32.8 Å². The van der Waals surface area contributed by atoms with Gasteiger partial charge in [-0.2, -0.15) is 0 Å². The van der Waals surface area contributed by atoms with Gasteiger partial charge >= 0.3 is 0 Å². The fourth-order valence-electron chi connectivity index (χ4n) is 2.75. The minimum absolute atomic E-state index is 0.0668. The standard InChI is InChI=1S/C18H27IO4/c1-13(11-19)17(16-9-10-22-18(2,3)23-16)21-12-14-5-7-15(20-4)8-6-14/h5-8,13,16-17H,9-12H2,1-4H3/t13-,16-,17-/m0/s1. The molecule has 4 nitrogen and oxygen atoms in total. The molecule has 130 valence electrons. The molecule has 5 heteroatoms. The summed E-state index contributed by atoms with van der Waals surface area (Å²) in [4.78, 5) is 0. The van der Waals surface area contributed by atoms with E-state index in [4.69, 9.17) is 18.9 Å². The van der Waals surface area contributed by atoms with Gasteiger partial charge in [-0.1, -0.05) is 41.6 Å². The normalized spacial score (nSPS) is 23.3. The first-order chi connectivity index (χ1) is 10.9. The van der Waals surface area contributed by atoms with Crippen LogP contribution in [-0.2, 0) is 20.8 Å². The van der Waals surface area contributed by atoms with E-state index in [2.05, 4.69) is 29.5 Å². The Morgan fingerprint density at radius 3 is 2.57 bits per heavy atom.